The second kappa shape index (κ2) is 9.96. The van der Waals surface area contributed by atoms with Gasteiger partial charge in [0, 0.05) is 5.56 Å². The minimum absolute atomic E-state index is 0.262. The zero-order chi connectivity index (χ0) is 19.6. The average Bonchev–Trinajstić information content (AvgIpc) is 2.71. The van der Waals surface area contributed by atoms with Crippen LogP contribution in [-0.2, 0) is 6.61 Å². The van der Waals surface area contributed by atoms with Crippen LogP contribution in [0, 0.1) is 0 Å². The molecule has 0 aliphatic rings. The Kier molecular flexibility index (Phi) is 7.37. The number of benzene rings is 2. The fraction of sp³-hybridized carbons (Fsp3) is 0.0952. The maximum absolute atomic E-state index is 11.6. The largest absolute Gasteiger partial charge is 0.489 e. The molecule has 0 bridgehead atoms. The van der Waals surface area contributed by atoms with Crippen LogP contribution in [0.3, 0.4) is 0 Å². The van der Waals surface area contributed by atoms with Gasteiger partial charge in [-0.15, -0.1) is 0 Å². The van der Waals surface area contributed by atoms with Crippen molar-refractivity contribution >= 4 is 17.3 Å². The van der Waals surface area contributed by atoms with E-state index in [1.165, 1.54) is 0 Å². The second-order valence-electron chi connectivity index (χ2n) is 5.73. The minimum Gasteiger partial charge on any atom is -0.489 e. The number of allylic oxidation sites excluding steroid dienone is 5. The lowest BCUT2D eigenvalue weighted by atomic mass is 10.1. The Labute approximate surface area is 159 Å². The highest BCUT2D eigenvalue weighted by Gasteiger charge is 2.14. The summed E-state index contributed by atoms with van der Waals surface area (Å²) in [6, 6.07) is 14.4. The number of rotatable bonds is 7. The molecule has 0 radical (unpaired) electrons. The van der Waals surface area contributed by atoms with Crippen LogP contribution in [0.4, 0.5) is 10.5 Å². The Balaban J connectivity index is 2.07. The lowest BCUT2D eigenvalue weighted by Crippen LogP contribution is -2.48. The van der Waals surface area contributed by atoms with Crippen molar-refractivity contribution in [1.29, 1.82) is 0 Å². The molecule has 2 aromatic rings. The van der Waals surface area contributed by atoms with E-state index in [1.807, 2.05) is 67.0 Å². The Morgan fingerprint density at radius 1 is 1.19 bits per heavy atom. The lowest BCUT2D eigenvalue weighted by Gasteiger charge is -2.19. The maximum Gasteiger partial charge on any atom is 0.350 e. The zero-order valence-corrected chi connectivity index (χ0v) is 15.3. The number of nitrogens with zero attached hydrogens (tertiary/aromatic N) is 1. The average molecular weight is 364 g/mol. The normalized spacial score (nSPS) is 11.3. The van der Waals surface area contributed by atoms with Gasteiger partial charge in [-0.25, -0.2) is 21.5 Å². The molecule has 0 fully saturated rings. The van der Waals surface area contributed by atoms with Crippen molar-refractivity contribution in [2.24, 2.45) is 11.7 Å². The van der Waals surface area contributed by atoms with Gasteiger partial charge in [0.25, 0.3) is 0 Å². The van der Waals surface area contributed by atoms with Gasteiger partial charge in [0.2, 0.25) is 0 Å². The van der Waals surface area contributed by atoms with Gasteiger partial charge in [0.1, 0.15) is 12.4 Å². The number of ether oxygens (including phenoxy) is 1. The monoisotopic (exact) mass is 364 g/mol. The highest BCUT2D eigenvalue weighted by molar-refractivity contribution is 5.91. The molecule has 6 heteroatoms. The van der Waals surface area contributed by atoms with Gasteiger partial charge in [-0.1, -0.05) is 61.2 Å². The predicted molar refractivity (Wildman–Crippen MR) is 110 cm³/mol. The zero-order valence-electron chi connectivity index (χ0n) is 15.3. The van der Waals surface area contributed by atoms with E-state index in [4.69, 9.17) is 16.4 Å². The summed E-state index contributed by atoms with van der Waals surface area (Å²) in [5.74, 6) is 11.6. The topological polar surface area (TPSA) is 93.6 Å². The Hall–Kier alpha value is -3.35. The molecule has 5 N–H and O–H groups in total. The van der Waals surface area contributed by atoms with E-state index in [1.54, 1.807) is 18.2 Å². The summed E-state index contributed by atoms with van der Waals surface area (Å²) in [5.41, 5.74) is 5.52. The lowest BCUT2D eigenvalue weighted by molar-refractivity contribution is 0.246. The van der Waals surface area contributed by atoms with E-state index >= 15 is 0 Å². The Morgan fingerprint density at radius 3 is 2.56 bits per heavy atom. The van der Waals surface area contributed by atoms with Crippen molar-refractivity contribution in [3.63, 3.8) is 0 Å². The number of hydrogen-bond donors (Lipinski definition) is 3. The number of anilines is 1. The van der Waals surface area contributed by atoms with Crippen LogP contribution in [0.5, 0.6) is 5.75 Å². The molecule has 0 aliphatic heterocycles. The van der Waals surface area contributed by atoms with Gasteiger partial charge in [0.15, 0.2) is 0 Å². The van der Waals surface area contributed by atoms with E-state index in [-0.39, 0.29) is 6.61 Å². The SMILES string of the molecule is C=C/C=C\C=C(/C)c1ccc(OCc2ccccc2N(N)C(=O)NN)cc1. The molecule has 2 aromatic carbocycles. The number of nitrogens with two attached hydrogens (primary N) is 2. The molecule has 27 heavy (non-hydrogen) atoms. The number of amides is 2. The van der Waals surface area contributed by atoms with E-state index < -0.39 is 6.03 Å². The second-order valence-corrected chi connectivity index (χ2v) is 5.73. The van der Waals surface area contributed by atoms with Crippen molar-refractivity contribution in [3.8, 4) is 5.75 Å². The summed E-state index contributed by atoms with van der Waals surface area (Å²) >= 11 is 0. The molecule has 0 saturated heterocycles. The molecular formula is C21H24N4O2. The van der Waals surface area contributed by atoms with Crippen molar-refractivity contribution in [1.82, 2.24) is 5.43 Å². The van der Waals surface area contributed by atoms with Crippen molar-refractivity contribution < 1.29 is 9.53 Å². The summed E-state index contributed by atoms with van der Waals surface area (Å²) in [4.78, 5) is 11.6. The summed E-state index contributed by atoms with van der Waals surface area (Å²) < 4.78 is 5.84. The summed E-state index contributed by atoms with van der Waals surface area (Å²) in [7, 11) is 0. The summed E-state index contributed by atoms with van der Waals surface area (Å²) in [6.07, 6.45) is 7.58. The van der Waals surface area contributed by atoms with Gasteiger partial charge in [0.05, 0.1) is 5.69 Å². The summed E-state index contributed by atoms with van der Waals surface area (Å²) in [6.45, 7) is 5.95. The third-order valence-corrected chi connectivity index (χ3v) is 3.89. The number of carbonyl (C=O) groups excluding carboxylic acids is 1. The van der Waals surface area contributed by atoms with E-state index in [9.17, 15) is 4.79 Å². The van der Waals surface area contributed by atoms with Crippen LogP contribution >= 0.6 is 0 Å². The Bertz CT molecular complexity index is 842. The van der Waals surface area contributed by atoms with E-state index in [0.29, 0.717) is 5.69 Å². The van der Waals surface area contributed by atoms with Crippen molar-refractivity contribution in [2.45, 2.75) is 13.5 Å². The fourth-order valence-electron chi connectivity index (χ4n) is 2.40. The molecule has 6 nitrogen and oxygen atoms in total. The Morgan fingerprint density at radius 2 is 1.89 bits per heavy atom. The third-order valence-electron chi connectivity index (χ3n) is 3.89. The smallest absolute Gasteiger partial charge is 0.350 e. The van der Waals surface area contributed by atoms with Gasteiger partial charge < -0.3 is 4.74 Å². The quantitative estimate of drug-likeness (QED) is 0.302. The maximum atomic E-state index is 11.6. The van der Waals surface area contributed by atoms with Crippen molar-refractivity contribution in [3.05, 3.63) is 90.5 Å². The first-order valence-corrected chi connectivity index (χ1v) is 8.39. The third kappa shape index (κ3) is 5.57. The molecule has 0 aliphatic carbocycles. The molecule has 2 rings (SSSR count). The molecule has 0 saturated carbocycles. The highest BCUT2D eigenvalue weighted by Crippen LogP contribution is 2.22. The van der Waals surface area contributed by atoms with Crippen LogP contribution < -0.4 is 26.9 Å². The number of nitrogens with one attached hydrogen (secondary N) is 1. The molecule has 0 aromatic heterocycles. The molecule has 140 valence electrons. The number of para-hydroxylation sites is 1. The minimum atomic E-state index is -0.612. The number of urea groups is 1. The number of hydrazine groups is 2. The fourth-order valence-corrected chi connectivity index (χ4v) is 2.40. The predicted octanol–water partition coefficient (Wildman–Crippen LogP) is 3.67. The molecule has 2 amide bonds. The van der Waals surface area contributed by atoms with Crippen LogP contribution in [0.2, 0.25) is 0 Å². The molecule has 0 unspecified atom stereocenters. The number of hydrogen-bond acceptors (Lipinski definition) is 4. The van der Waals surface area contributed by atoms with Crippen LogP contribution in [0.25, 0.3) is 5.57 Å². The van der Waals surface area contributed by atoms with E-state index in [2.05, 4.69) is 6.58 Å². The van der Waals surface area contributed by atoms with Gasteiger partial charge in [-0.2, -0.15) is 0 Å². The van der Waals surface area contributed by atoms with Crippen LogP contribution in [0.15, 0.2) is 79.4 Å². The first-order chi connectivity index (χ1) is 13.1. The first kappa shape index (κ1) is 20.0. The van der Waals surface area contributed by atoms with Crippen molar-refractivity contribution in [2.75, 3.05) is 5.01 Å². The van der Waals surface area contributed by atoms with Gasteiger partial charge in [-0.3, -0.25) is 5.43 Å². The number of carbonyl (C=O) groups is 1. The first-order valence-electron chi connectivity index (χ1n) is 8.39. The standard InChI is InChI=1S/C21H24N4O2/c1-3-4-5-8-16(2)17-11-13-19(14-12-17)27-15-18-9-6-7-10-20(18)25(23)21(26)24-22/h3-14H,1,15,22-23H2,2H3,(H,24,26)/b5-4-,16-8+. The van der Waals surface area contributed by atoms with Gasteiger partial charge in [-0.05, 0) is 36.3 Å². The van der Waals surface area contributed by atoms with Crippen LogP contribution in [0.1, 0.15) is 18.1 Å². The van der Waals surface area contributed by atoms with Crippen LogP contribution in [-0.4, -0.2) is 6.03 Å². The highest BCUT2D eigenvalue weighted by atomic mass is 16.5. The molecule has 0 heterocycles. The molecule has 0 atom stereocenters. The van der Waals surface area contributed by atoms with E-state index in [0.717, 1.165) is 27.5 Å². The summed E-state index contributed by atoms with van der Waals surface area (Å²) in [5, 5.41) is 0.951. The molecule has 0 spiro atoms. The molecular weight excluding hydrogens is 340 g/mol. The van der Waals surface area contributed by atoms with Gasteiger partial charge >= 0.3 is 6.03 Å².